The van der Waals surface area contributed by atoms with Crippen LogP contribution in [0.25, 0.3) is 67.5 Å². The van der Waals surface area contributed by atoms with Crippen molar-refractivity contribution in [2.45, 2.75) is 5.41 Å². The van der Waals surface area contributed by atoms with Crippen molar-refractivity contribution in [3.05, 3.63) is 222 Å². The Morgan fingerprint density at radius 3 is 1.23 bits per heavy atom. The number of hydrogen-bond acceptors (Lipinski definition) is 4. The number of rotatable bonds is 5. The first-order chi connectivity index (χ1) is 27.7. The van der Waals surface area contributed by atoms with E-state index in [9.17, 15) is 0 Å². The van der Waals surface area contributed by atoms with E-state index in [4.69, 9.17) is 19.7 Å². The molecule has 8 aromatic carbocycles. The first-order valence-electron chi connectivity index (χ1n) is 18.9. The minimum absolute atomic E-state index is 0.512. The van der Waals surface area contributed by atoms with Gasteiger partial charge in [-0.1, -0.05) is 182 Å². The predicted molar refractivity (Wildman–Crippen MR) is 224 cm³/mol. The number of ether oxygens (including phenoxy) is 1. The highest BCUT2D eigenvalue weighted by Crippen LogP contribution is 2.62. The van der Waals surface area contributed by atoms with Gasteiger partial charge in [-0.25, -0.2) is 15.0 Å². The molecule has 0 unspecified atom stereocenters. The highest BCUT2D eigenvalue weighted by atomic mass is 16.5. The molecule has 0 atom stereocenters. The van der Waals surface area contributed by atoms with Crippen LogP contribution in [0.5, 0.6) is 11.5 Å². The molecule has 0 saturated carbocycles. The fourth-order valence-corrected chi connectivity index (χ4v) is 8.64. The van der Waals surface area contributed by atoms with Crippen LogP contribution in [-0.4, -0.2) is 15.0 Å². The summed E-state index contributed by atoms with van der Waals surface area (Å²) in [7, 11) is 0. The van der Waals surface area contributed by atoms with Gasteiger partial charge in [0.15, 0.2) is 17.5 Å². The van der Waals surface area contributed by atoms with E-state index in [2.05, 4.69) is 164 Å². The highest BCUT2D eigenvalue weighted by molar-refractivity contribution is 5.89. The molecule has 11 rings (SSSR count). The van der Waals surface area contributed by atoms with Crippen LogP contribution in [0.3, 0.4) is 0 Å². The highest BCUT2D eigenvalue weighted by Gasteiger charge is 2.51. The topological polar surface area (TPSA) is 47.9 Å². The molecule has 2 aliphatic rings. The quantitative estimate of drug-likeness (QED) is 0.178. The molecule has 0 amide bonds. The van der Waals surface area contributed by atoms with Crippen LogP contribution >= 0.6 is 0 Å². The minimum Gasteiger partial charge on any atom is -0.457 e. The van der Waals surface area contributed by atoms with Gasteiger partial charge in [0.2, 0.25) is 0 Å². The fourth-order valence-electron chi connectivity index (χ4n) is 8.64. The molecule has 2 heterocycles. The first-order valence-corrected chi connectivity index (χ1v) is 18.9. The van der Waals surface area contributed by atoms with Gasteiger partial charge in [-0.15, -0.1) is 0 Å². The van der Waals surface area contributed by atoms with Crippen LogP contribution in [0.1, 0.15) is 22.3 Å². The molecule has 0 bridgehead atoms. The Hall–Kier alpha value is -7.43. The van der Waals surface area contributed by atoms with E-state index in [-0.39, 0.29) is 0 Å². The summed E-state index contributed by atoms with van der Waals surface area (Å²) in [6.07, 6.45) is 0. The molecular formula is C52H33N3O. The lowest BCUT2D eigenvalue weighted by Crippen LogP contribution is -2.32. The van der Waals surface area contributed by atoms with Crippen molar-refractivity contribution < 1.29 is 4.74 Å². The number of hydrogen-bond donors (Lipinski definition) is 0. The number of fused-ring (bicyclic) bond motifs is 9. The molecule has 4 heteroatoms. The summed E-state index contributed by atoms with van der Waals surface area (Å²) < 4.78 is 6.66. The third-order valence-corrected chi connectivity index (χ3v) is 11.2. The van der Waals surface area contributed by atoms with Gasteiger partial charge in [-0.05, 0) is 62.7 Å². The molecule has 262 valence electrons. The van der Waals surface area contributed by atoms with E-state index in [0.717, 1.165) is 56.0 Å². The van der Waals surface area contributed by atoms with E-state index >= 15 is 0 Å². The van der Waals surface area contributed by atoms with Gasteiger partial charge < -0.3 is 4.74 Å². The maximum absolute atomic E-state index is 6.66. The molecular weight excluding hydrogens is 683 g/mol. The average Bonchev–Trinajstić information content (AvgIpc) is 3.57. The third-order valence-electron chi connectivity index (χ3n) is 11.2. The van der Waals surface area contributed by atoms with Crippen LogP contribution in [0.4, 0.5) is 0 Å². The zero-order chi connectivity index (χ0) is 37.1. The predicted octanol–water partition coefficient (Wildman–Crippen LogP) is 12.7. The van der Waals surface area contributed by atoms with E-state index in [1.165, 1.54) is 27.8 Å². The van der Waals surface area contributed by atoms with Gasteiger partial charge in [0.1, 0.15) is 11.5 Å². The molecule has 0 radical (unpaired) electrons. The third kappa shape index (κ3) is 5.04. The molecule has 9 aromatic rings. The van der Waals surface area contributed by atoms with E-state index in [0.29, 0.717) is 17.5 Å². The number of aromatic nitrogens is 3. The summed E-state index contributed by atoms with van der Waals surface area (Å²) in [5, 5.41) is 0. The van der Waals surface area contributed by atoms with Gasteiger partial charge >= 0.3 is 0 Å². The van der Waals surface area contributed by atoms with Crippen LogP contribution < -0.4 is 4.74 Å². The Bertz CT molecular complexity index is 2880. The van der Waals surface area contributed by atoms with E-state index in [1.54, 1.807) is 0 Å². The molecule has 56 heavy (non-hydrogen) atoms. The largest absolute Gasteiger partial charge is 0.457 e. The minimum atomic E-state index is -0.512. The molecule has 0 saturated heterocycles. The Kier molecular flexibility index (Phi) is 7.36. The summed E-state index contributed by atoms with van der Waals surface area (Å²) in [6, 6.07) is 70.2. The van der Waals surface area contributed by atoms with Crippen molar-refractivity contribution in [3.8, 4) is 79.0 Å². The monoisotopic (exact) mass is 715 g/mol. The number of nitrogens with zero attached hydrogens (tertiary/aromatic N) is 3. The summed E-state index contributed by atoms with van der Waals surface area (Å²) in [5.41, 5.74) is 14.2. The van der Waals surface area contributed by atoms with Crippen LogP contribution in [0, 0.1) is 0 Å². The Balaban J connectivity index is 1.01. The van der Waals surface area contributed by atoms with E-state index in [1.807, 2.05) is 36.4 Å². The van der Waals surface area contributed by atoms with Gasteiger partial charge in [0, 0.05) is 27.8 Å². The lowest BCUT2D eigenvalue weighted by atomic mass is 9.66. The van der Waals surface area contributed by atoms with Gasteiger partial charge in [0.05, 0.1) is 5.41 Å². The molecule has 4 nitrogen and oxygen atoms in total. The Labute approximate surface area is 325 Å². The standard InChI is InChI=1S/C52H33N3O/c1-3-13-34(14-4-1)35-23-27-38(28-24-35)50-53-49(37-15-5-2-6-16-37)54-51(55-50)39-29-25-36(26-30-39)40-31-32-48-46(33-40)52(45-21-11-12-22-47(45)56-48)43-19-9-7-17-41(43)42-18-8-10-20-44(42)52/h1-33H. The lowest BCUT2D eigenvalue weighted by molar-refractivity contribution is 0.436. The maximum Gasteiger partial charge on any atom is 0.164 e. The Morgan fingerprint density at radius 1 is 0.286 bits per heavy atom. The van der Waals surface area contributed by atoms with Crippen LogP contribution in [0.15, 0.2) is 200 Å². The first kappa shape index (κ1) is 32.0. The summed E-state index contributed by atoms with van der Waals surface area (Å²) in [6.45, 7) is 0. The Morgan fingerprint density at radius 2 is 0.661 bits per heavy atom. The zero-order valence-electron chi connectivity index (χ0n) is 30.3. The second kappa shape index (κ2) is 12.9. The molecule has 1 aliphatic carbocycles. The van der Waals surface area contributed by atoms with Crippen molar-refractivity contribution in [1.29, 1.82) is 0 Å². The van der Waals surface area contributed by atoms with Gasteiger partial charge in [-0.2, -0.15) is 0 Å². The SMILES string of the molecule is c1ccc(-c2ccc(-c3nc(-c4ccccc4)nc(-c4ccc(-c5ccc6c(c5)C5(c7ccccc7O6)c6ccccc6-c6ccccc65)cc4)n3)cc2)cc1. The summed E-state index contributed by atoms with van der Waals surface area (Å²) in [5.74, 6) is 3.66. The molecule has 0 N–H and O–H groups in total. The van der Waals surface area contributed by atoms with Gasteiger partial charge in [0.25, 0.3) is 0 Å². The number of benzene rings is 8. The average molecular weight is 716 g/mol. The number of para-hydroxylation sites is 1. The van der Waals surface area contributed by atoms with Crippen molar-refractivity contribution in [3.63, 3.8) is 0 Å². The fraction of sp³-hybridized carbons (Fsp3) is 0.0192. The molecule has 1 spiro atoms. The van der Waals surface area contributed by atoms with Crippen LogP contribution in [-0.2, 0) is 5.41 Å². The second-order valence-electron chi connectivity index (χ2n) is 14.3. The van der Waals surface area contributed by atoms with Crippen molar-refractivity contribution in [2.75, 3.05) is 0 Å². The summed E-state index contributed by atoms with van der Waals surface area (Å²) >= 11 is 0. The normalized spacial score (nSPS) is 12.9. The lowest BCUT2D eigenvalue weighted by Gasteiger charge is -2.39. The molecule has 0 fully saturated rings. The zero-order valence-corrected chi connectivity index (χ0v) is 30.3. The van der Waals surface area contributed by atoms with Crippen molar-refractivity contribution >= 4 is 0 Å². The van der Waals surface area contributed by atoms with Crippen molar-refractivity contribution in [1.82, 2.24) is 15.0 Å². The smallest absolute Gasteiger partial charge is 0.164 e. The molecule has 1 aromatic heterocycles. The summed E-state index contributed by atoms with van der Waals surface area (Å²) in [4.78, 5) is 15.0. The van der Waals surface area contributed by atoms with Gasteiger partial charge in [-0.3, -0.25) is 0 Å². The second-order valence-corrected chi connectivity index (χ2v) is 14.3. The maximum atomic E-state index is 6.66. The molecule has 1 aliphatic heterocycles. The van der Waals surface area contributed by atoms with E-state index < -0.39 is 5.41 Å². The van der Waals surface area contributed by atoms with Crippen molar-refractivity contribution in [2.24, 2.45) is 0 Å². The van der Waals surface area contributed by atoms with Crippen LogP contribution in [0.2, 0.25) is 0 Å².